The van der Waals surface area contributed by atoms with Crippen molar-refractivity contribution in [3.63, 3.8) is 0 Å². The Bertz CT molecular complexity index is 517. The molecule has 1 aromatic carbocycles. The third-order valence-electron chi connectivity index (χ3n) is 3.95. The molecule has 0 radical (unpaired) electrons. The number of ether oxygens (including phenoxy) is 1. The first-order chi connectivity index (χ1) is 10.6. The van der Waals surface area contributed by atoms with Crippen molar-refractivity contribution in [3.05, 3.63) is 23.8 Å². The Labute approximate surface area is 133 Å². The molecule has 1 aliphatic rings. The van der Waals surface area contributed by atoms with Crippen LogP contribution in [0.2, 0.25) is 0 Å². The van der Waals surface area contributed by atoms with Gasteiger partial charge in [-0.1, -0.05) is 13.0 Å². The molecule has 22 heavy (non-hydrogen) atoms. The molecule has 1 unspecified atom stereocenters. The Hall–Kier alpha value is -1.91. The number of aromatic hydroxyl groups is 1. The number of likely N-dealkylation sites (tertiary alicyclic amines) is 1. The lowest BCUT2D eigenvalue weighted by Gasteiger charge is -2.33. The topological polar surface area (TPSA) is 57.1 Å². The van der Waals surface area contributed by atoms with E-state index in [0.717, 1.165) is 31.2 Å². The molecule has 5 nitrogen and oxygen atoms in total. The van der Waals surface area contributed by atoms with Gasteiger partial charge in [0.2, 0.25) is 0 Å². The van der Waals surface area contributed by atoms with Crippen LogP contribution in [0.5, 0.6) is 11.5 Å². The lowest BCUT2D eigenvalue weighted by molar-refractivity contribution is 0.266. The third-order valence-corrected chi connectivity index (χ3v) is 3.95. The molecule has 1 heterocycles. The van der Waals surface area contributed by atoms with Gasteiger partial charge in [-0.15, -0.1) is 0 Å². The number of piperidine rings is 1. The molecule has 0 bridgehead atoms. The van der Waals surface area contributed by atoms with Crippen molar-refractivity contribution in [2.75, 3.05) is 26.7 Å². The standard InChI is InChI=1S/C17H27N3O2/c1-4-18-17(20-9-5-6-13(2)12-20)19-11-14-7-8-16(22-3)15(21)10-14/h7-8,10,13,21H,4-6,9,11-12H2,1-3H3,(H,18,19). The van der Waals surface area contributed by atoms with Crippen LogP contribution in [0.4, 0.5) is 0 Å². The lowest BCUT2D eigenvalue weighted by atomic mass is 10.0. The average Bonchev–Trinajstić information content (AvgIpc) is 2.51. The number of methoxy groups -OCH3 is 1. The molecule has 2 N–H and O–H groups in total. The van der Waals surface area contributed by atoms with Crippen LogP contribution >= 0.6 is 0 Å². The van der Waals surface area contributed by atoms with E-state index < -0.39 is 0 Å². The molecule has 1 fully saturated rings. The second-order valence-electron chi connectivity index (χ2n) is 5.87. The molecular weight excluding hydrogens is 278 g/mol. The molecule has 1 aliphatic heterocycles. The highest BCUT2D eigenvalue weighted by molar-refractivity contribution is 5.80. The van der Waals surface area contributed by atoms with E-state index in [9.17, 15) is 5.11 Å². The van der Waals surface area contributed by atoms with Gasteiger partial charge in [0.25, 0.3) is 0 Å². The Balaban J connectivity index is 2.07. The van der Waals surface area contributed by atoms with Gasteiger partial charge in [0.15, 0.2) is 17.5 Å². The van der Waals surface area contributed by atoms with Crippen LogP contribution in [0.1, 0.15) is 32.3 Å². The number of aliphatic imine (C=N–C) groups is 1. The molecule has 2 rings (SSSR count). The summed E-state index contributed by atoms with van der Waals surface area (Å²) in [7, 11) is 1.55. The zero-order valence-electron chi connectivity index (χ0n) is 13.8. The Morgan fingerprint density at radius 1 is 1.50 bits per heavy atom. The second-order valence-corrected chi connectivity index (χ2v) is 5.87. The first-order valence-corrected chi connectivity index (χ1v) is 8.03. The van der Waals surface area contributed by atoms with E-state index >= 15 is 0 Å². The minimum atomic E-state index is 0.159. The summed E-state index contributed by atoms with van der Waals surface area (Å²) in [5.74, 6) is 2.32. The maximum Gasteiger partial charge on any atom is 0.194 e. The summed E-state index contributed by atoms with van der Waals surface area (Å²) >= 11 is 0. The largest absolute Gasteiger partial charge is 0.504 e. The van der Waals surface area contributed by atoms with E-state index in [-0.39, 0.29) is 5.75 Å². The van der Waals surface area contributed by atoms with E-state index in [0.29, 0.717) is 18.2 Å². The predicted molar refractivity (Wildman–Crippen MR) is 89.4 cm³/mol. The number of hydrogen-bond acceptors (Lipinski definition) is 3. The highest BCUT2D eigenvalue weighted by atomic mass is 16.5. The van der Waals surface area contributed by atoms with Gasteiger partial charge < -0.3 is 20.1 Å². The Morgan fingerprint density at radius 3 is 2.95 bits per heavy atom. The minimum absolute atomic E-state index is 0.159. The van der Waals surface area contributed by atoms with Crippen molar-refractivity contribution in [2.24, 2.45) is 10.9 Å². The fraction of sp³-hybridized carbons (Fsp3) is 0.588. The van der Waals surface area contributed by atoms with E-state index in [4.69, 9.17) is 9.73 Å². The van der Waals surface area contributed by atoms with Crippen LogP contribution in [0.25, 0.3) is 0 Å². The molecule has 5 heteroatoms. The first-order valence-electron chi connectivity index (χ1n) is 8.03. The minimum Gasteiger partial charge on any atom is -0.504 e. The molecule has 0 amide bonds. The number of guanidine groups is 1. The van der Waals surface area contributed by atoms with Crippen molar-refractivity contribution in [1.29, 1.82) is 0 Å². The number of benzene rings is 1. The van der Waals surface area contributed by atoms with Gasteiger partial charge in [-0.05, 0) is 43.4 Å². The number of phenols is 1. The van der Waals surface area contributed by atoms with Crippen molar-refractivity contribution in [2.45, 2.75) is 33.2 Å². The zero-order valence-corrected chi connectivity index (χ0v) is 13.8. The quantitative estimate of drug-likeness (QED) is 0.663. The highest BCUT2D eigenvalue weighted by Gasteiger charge is 2.19. The Kier molecular flexibility index (Phi) is 5.92. The normalized spacial score (nSPS) is 19.1. The number of hydrogen-bond donors (Lipinski definition) is 2. The fourth-order valence-electron chi connectivity index (χ4n) is 2.81. The number of phenolic OH excluding ortho intramolecular Hbond substituents is 1. The van der Waals surface area contributed by atoms with Gasteiger partial charge in [0.05, 0.1) is 13.7 Å². The molecule has 122 valence electrons. The maximum atomic E-state index is 9.84. The number of nitrogens with one attached hydrogen (secondary N) is 1. The third kappa shape index (κ3) is 4.29. The van der Waals surface area contributed by atoms with E-state index in [2.05, 4.69) is 24.1 Å². The summed E-state index contributed by atoms with van der Waals surface area (Å²) in [5.41, 5.74) is 0.971. The number of rotatable bonds is 4. The van der Waals surface area contributed by atoms with Gasteiger partial charge in [0, 0.05) is 19.6 Å². The summed E-state index contributed by atoms with van der Waals surface area (Å²) in [5, 5.41) is 13.2. The average molecular weight is 305 g/mol. The van der Waals surface area contributed by atoms with Crippen LogP contribution in [-0.4, -0.2) is 42.7 Å². The zero-order chi connectivity index (χ0) is 15.9. The lowest BCUT2D eigenvalue weighted by Crippen LogP contribution is -2.46. The molecule has 0 spiro atoms. The SMILES string of the molecule is CCNC(=NCc1ccc(OC)c(O)c1)N1CCCC(C)C1. The summed E-state index contributed by atoms with van der Waals surface area (Å²) in [4.78, 5) is 7.05. The highest BCUT2D eigenvalue weighted by Crippen LogP contribution is 2.26. The number of nitrogens with zero attached hydrogens (tertiary/aromatic N) is 2. The van der Waals surface area contributed by atoms with Crippen molar-refractivity contribution in [3.8, 4) is 11.5 Å². The second kappa shape index (κ2) is 7.92. The molecule has 1 atom stereocenters. The van der Waals surface area contributed by atoms with E-state index in [1.54, 1.807) is 19.2 Å². The van der Waals surface area contributed by atoms with E-state index in [1.165, 1.54) is 12.8 Å². The molecule has 0 aromatic heterocycles. The van der Waals surface area contributed by atoms with Gasteiger partial charge in [-0.2, -0.15) is 0 Å². The van der Waals surface area contributed by atoms with Crippen LogP contribution in [-0.2, 0) is 6.54 Å². The fourth-order valence-corrected chi connectivity index (χ4v) is 2.81. The summed E-state index contributed by atoms with van der Waals surface area (Å²) in [6.45, 7) is 7.89. The van der Waals surface area contributed by atoms with Crippen LogP contribution in [0.15, 0.2) is 23.2 Å². The summed E-state index contributed by atoms with van der Waals surface area (Å²) < 4.78 is 5.06. The van der Waals surface area contributed by atoms with Gasteiger partial charge in [-0.3, -0.25) is 0 Å². The maximum absolute atomic E-state index is 9.84. The van der Waals surface area contributed by atoms with Gasteiger partial charge in [-0.25, -0.2) is 4.99 Å². The van der Waals surface area contributed by atoms with Crippen LogP contribution < -0.4 is 10.1 Å². The van der Waals surface area contributed by atoms with Crippen LogP contribution in [0, 0.1) is 5.92 Å². The van der Waals surface area contributed by atoms with Gasteiger partial charge in [0.1, 0.15) is 0 Å². The van der Waals surface area contributed by atoms with Crippen molar-refractivity contribution in [1.82, 2.24) is 10.2 Å². The van der Waals surface area contributed by atoms with E-state index in [1.807, 2.05) is 6.07 Å². The predicted octanol–water partition coefficient (Wildman–Crippen LogP) is 2.60. The van der Waals surface area contributed by atoms with Crippen LogP contribution in [0.3, 0.4) is 0 Å². The van der Waals surface area contributed by atoms with Crippen molar-refractivity contribution < 1.29 is 9.84 Å². The molecule has 1 saturated heterocycles. The molecule has 1 aromatic rings. The Morgan fingerprint density at radius 2 is 2.32 bits per heavy atom. The monoisotopic (exact) mass is 305 g/mol. The molecule has 0 saturated carbocycles. The van der Waals surface area contributed by atoms with Crippen molar-refractivity contribution >= 4 is 5.96 Å². The molecule has 0 aliphatic carbocycles. The summed E-state index contributed by atoms with van der Waals surface area (Å²) in [6, 6.07) is 5.42. The summed E-state index contributed by atoms with van der Waals surface area (Å²) in [6.07, 6.45) is 2.51. The smallest absolute Gasteiger partial charge is 0.194 e. The van der Waals surface area contributed by atoms with Gasteiger partial charge >= 0.3 is 0 Å². The molecular formula is C17H27N3O2. The first kappa shape index (κ1) is 16.5.